The van der Waals surface area contributed by atoms with Crippen molar-refractivity contribution in [3.05, 3.63) is 23.8 Å². The van der Waals surface area contributed by atoms with Crippen molar-refractivity contribution in [1.29, 1.82) is 0 Å². The summed E-state index contributed by atoms with van der Waals surface area (Å²) < 4.78 is 33.8. The standard InChI is InChI=1S/C10H13NO7S/c1-10(11,9(13)14)5-6-2-3-7(12)8(4-6)18-19(15,16)17/h2-4,12H,5,11H2,1H3,(H,13,14)(H,15,16,17)/t10-/m0/s1. The van der Waals surface area contributed by atoms with Crippen molar-refractivity contribution in [2.45, 2.75) is 18.9 Å². The molecule has 0 aliphatic rings. The lowest BCUT2D eigenvalue weighted by Crippen LogP contribution is -2.46. The van der Waals surface area contributed by atoms with Gasteiger partial charge in [0.15, 0.2) is 11.5 Å². The quantitative estimate of drug-likeness (QED) is 0.550. The Morgan fingerprint density at radius 3 is 2.53 bits per heavy atom. The summed E-state index contributed by atoms with van der Waals surface area (Å²) in [6.45, 7) is 1.28. The van der Waals surface area contributed by atoms with Gasteiger partial charge in [-0.1, -0.05) is 6.07 Å². The molecule has 0 radical (unpaired) electrons. The number of aromatic hydroxyl groups is 1. The average Bonchev–Trinajstić information content (AvgIpc) is 2.20. The lowest BCUT2D eigenvalue weighted by molar-refractivity contribution is -0.142. The molecule has 0 bridgehead atoms. The Labute approximate surface area is 109 Å². The summed E-state index contributed by atoms with van der Waals surface area (Å²) >= 11 is 0. The fourth-order valence-electron chi connectivity index (χ4n) is 1.35. The van der Waals surface area contributed by atoms with E-state index in [-0.39, 0.29) is 6.42 Å². The molecule has 1 aromatic carbocycles. The summed E-state index contributed by atoms with van der Waals surface area (Å²) in [5, 5.41) is 18.2. The smallest absolute Gasteiger partial charge is 0.446 e. The van der Waals surface area contributed by atoms with Crippen molar-refractivity contribution >= 4 is 16.4 Å². The monoisotopic (exact) mass is 291 g/mol. The average molecular weight is 291 g/mol. The number of hydrogen-bond acceptors (Lipinski definition) is 6. The Morgan fingerprint density at radius 1 is 1.47 bits per heavy atom. The maximum atomic E-state index is 10.9. The van der Waals surface area contributed by atoms with E-state index in [4.69, 9.17) is 15.4 Å². The summed E-state index contributed by atoms with van der Waals surface area (Å²) in [7, 11) is -4.78. The molecular formula is C10H13NO7S. The van der Waals surface area contributed by atoms with E-state index in [2.05, 4.69) is 4.18 Å². The van der Waals surface area contributed by atoms with Crippen LogP contribution in [0.1, 0.15) is 12.5 Å². The molecule has 1 rings (SSSR count). The van der Waals surface area contributed by atoms with Crippen molar-refractivity contribution in [2.24, 2.45) is 5.73 Å². The van der Waals surface area contributed by atoms with Gasteiger partial charge in [-0.05, 0) is 24.6 Å². The minimum Gasteiger partial charge on any atom is -0.504 e. The second kappa shape index (κ2) is 5.03. The van der Waals surface area contributed by atoms with Gasteiger partial charge in [0.25, 0.3) is 0 Å². The lowest BCUT2D eigenvalue weighted by Gasteiger charge is -2.19. The van der Waals surface area contributed by atoms with E-state index >= 15 is 0 Å². The zero-order chi connectivity index (χ0) is 14.8. The first kappa shape index (κ1) is 15.2. The van der Waals surface area contributed by atoms with Crippen molar-refractivity contribution in [1.82, 2.24) is 0 Å². The van der Waals surface area contributed by atoms with E-state index in [0.717, 1.165) is 12.1 Å². The van der Waals surface area contributed by atoms with Gasteiger partial charge in [-0.25, -0.2) is 0 Å². The third-order valence-electron chi connectivity index (χ3n) is 2.28. The van der Waals surface area contributed by atoms with Gasteiger partial charge in [0.05, 0.1) is 0 Å². The fourth-order valence-corrected chi connectivity index (χ4v) is 1.71. The minimum absolute atomic E-state index is 0.121. The van der Waals surface area contributed by atoms with E-state index in [9.17, 15) is 18.3 Å². The van der Waals surface area contributed by atoms with E-state index in [0.29, 0.717) is 5.56 Å². The first-order valence-electron chi connectivity index (χ1n) is 5.02. The number of hydrogen-bond donors (Lipinski definition) is 4. The molecule has 1 aromatic rings. The number of carboxylic acids is 1. The SMILES string of the molecule is C[C@](N)(Cc1ccc(O)c(OS(=O)(=O)O)c1)C(=O)O. The van der Waals surface area contributed by atoms with Crippen LogP contribution in [-0.4, -0.2) is 34.7 Å². The molecule has 8 nitrogen and oxygen atoms in total. The number of phenols is 1. The topological polar surface area (TPSA) is 147 Å². The van der Waals surface area contributed by atoms with Gasteiger partial charge in [0, 0.05) is 6.42 Å². The summed E-state index contributed by atoms with van der Waals surface area (Å²) in [5.41, 5.74) is 4.30. The molecule has 0 aliphatic carbocycles. The first-order chi connectivity index (χ1) is 8.51. The van der Waals surface area contributed by atoms with Crippen LogP contribution < -0.4 is 9.92 Å². The number of carboxylic acid groups (broad SMARTS) is 1. The van der Waals surface area contributed by atoms with Crippen LogP contribution in [0.4, 0.5) is 0 Å². The Hall–Kier alpha value is -1.84. The Morgan fingerprint density at radius 2 is 2.05 bits per heavy atom. The van der Waals surface area contributed by atoms with E-state index < -0.39 is 33.4 Å². The summed E-state index contributed by atoms with van der Waals surface area (Å²) in [4.78, 5) is 10.9. The highest BCUT2D eigenvalue weighted by Gasteiger charge is 2.28. The van der Waals surface area contributed by atoms with Crippen LogP contribution in [0, 0.1) is 0 Å². The second-order valence-electron chi connectivity index (χ2n) is 4.21. The van der Waals surface area contributed by atoms with Crippen LogP contribution >= 0.6 is 0 Å². The fraction of sp³-hybridized carbons (Fsp3) is 0.300. The van der Waals surface area contributed by atoms with Crippen LogP contribution in [0.2, 0.25) is 0 Å². The van der Waals surface area contributed by atoms with Gasteiger partial charge in [-0.2, -0.15) is 8.42 Å². The van der Waals surface area contributed by atoms with Gasteiger partial charge in [-0.15, -0.1) is 0 Å². The molecule has 0 saturated heterocycles. The van der Waals surface area contributed by atoms with Crippen molar-refractivity contribution in [2.75, 3.05) is 0 Å². The van der Waals surface area contributed by atoms with Crippen molar-refractivity contribution in [3.8, 4) is 11.5 Å². The van der Waals surface area contributed by atoms with E-state index in [1.165, 1.54) is 13.0 Å². The molecule has 0 amide bonds. The van der Waals surface area contributed by atoms with Crippen molar-refractivity contribution in [3.63, 3.8) is 0 Å². The molecule has 19 heavy (non-hydrogen) atoms. The van der Waals surface area contributed by atoms with Crippen LogP contribution in [0.5, 0.6) is 11.5 Å². The van der Waals surface area contributed by atoms with Gasteiger partial charge >= 0.3 is 16.4 Å². The molecule has 0 heterocycles. The van der Waals surface area contributed by atoms with E-state index in [1.807, 2.05) is 0 Å². The van der Waals surface area contributed by atoms with Gasteiger partial charge < -0.3 is 20.1 Å². The van der Waals surface area contributed by atoms with E-state index in [1.54, 1.807) is 0 Å². The third-order valence-corrected chi connectivity index (χ3v) is 2.67. The lowest BCUT2D eigenvalue weighted by atomic mass is 9.94. The molecule has 0 fully saturated rings. The second-order valence-corrected chi connectivity index (χ2v) is 5.23. The number of benzene rings is 1. The van der Waals surface area contributed by atoms with Gasteiger partial charge in [0.2, 0.25) is 0 Å². The van der Waals surface area contributed by atoms with Crippen LogP contribution in [0.15, 0.2) is 18.2 Å². The maximum Gasteiger partial charge on any atom is 0.446 e. The Kier molecular flexibility index (Phi) is 4.03. The number of carbonyl (C=O) groups is 1. The number of rotatable bonds is 5. The number of aliphatic carboxylic acids is 1. The normalized spacial score (nSPS) is 14.7. The zero-order valence-corrected chi connectivity index (χ0v) is 10.7. The Balaban J connectivity index is 3.06. The molecule has 0 unspecified atom stereocenters. The molecule has 106 valence electrons. The zero-order valence-electron chi connectivity index (χ0n) is 9.90. The predicted molar refractivity (Wildman–Crippen MR) is 64.2 cm³/mol. The Bertz CT molecular complexity index is 594. The van der Waals surface area contributed by atoms with Gasteiger partial charge in [-0.3, -0.25) is 9.35 Å². The number of phenolic OH excluding ortho intramolecular Hbond substituents is 1. The summed E-state index contributed by atoms with van der Waals surface area (Å²) in [6, 6.07) is 3.55. The molecule has 1 atom stereocenters. The van der Waals surface area contributed by atoms with Crippen molar-refractivity contribution < 1.29 is 32.2 Å². The van der Waals surface area contributed by atoms with Gasteiger partial charge in [0.1, 0.15) is 5.54 Å². The predicted octanol–water partition coefficient (Wildman–Crippen LogP) is -0.0817. The maximum absolute atomic E-state index is 10.9. The van der Waals surface area contributed by atoms with Crippen LogP contribution in [-0.2, 0) is 21.6 Å². The summed E-state index contributed by atoms with van der Waals surface area (Å²) in [6.07, 6.45) is -0.121. The largest absolute Gasteiger partial charge is 0.504 e. The molecular weight excluding hydrogens is 278 g/mol. The van der Waals surface area contributed by atoms with Crippen LogP contribution in [0.25, 0.3) is 0 Å². The molecule has 0 saturated carbocycles. The number of nitrogens with two attached hydrogens (primary N) is 1. The summed E-state index contributed by atoms with van der Waals surface area (Å²) in [5.74, 6) is -2.27. The molecule has 5 N–H and O–H groups in total. The molecule has 0 aliphatic heterocycles. The highest BCUT2D eigenvalue weighted by Crippen LogP contribution is 2.29. The highest BCUT2D eigenvalue weighted by atomic mass is 32.3. The first-order valence-corrected chi connectivity index (χ1v) is 6.39. The molecule has 0 aromatic heterocycles. The third kappa shape index (κ3) is 4.39. The highest BCUT2D eigenvalue weighted by molar-refractivity contribution is 7.81. The molecule has 9 heteroatoms. The molecule has 0 spiro atoms. The van der Waals surface area contributed by atoms with Crippen LogP contribution in [0.3, 0.4) is 0 Å². The minimum atomic E-state index is -4.78.